The third kappa shape index (κ3) is 2.40. The van der Waals surface area contributed by atoms with Crippen molar-refractivity contribution >= 4 is 17.1 Å². The molecule has 0 bridgehead atoms. The van der Waals surface area contributed by atoms with Crippen LogP contribution in [-0.4, -0.2) is 43.9 Å². The van der Waals surface area contributed by atoms with Gasteiger partial charge in [-0.3, -0.25) is 4.57 Å². The Morgan fingerprint density at radius 2 is 2.33 bits per heavy atom. The van der Waals surface area contributed by atoms with Gasteiger partial charge in [-0.2, -0.15) is 9.97 Å². The van der Waals surface area contributed by atoms with E-state index in [1.54, 1.807) is 6.33 Å². The number of hydrogen-bond acceptors (Lipinski definition) is 7. The van der Waals surface area contributed by atoms with Crippen LogP contribution in [0.15, 0.2) is 6.33 Å². The third-order valence-electron chi connectivity index (χ3n) is 3.62. The highest BCUT2D eigenvalue weighted by molar-refractivity contribution is 5.77. The fourth-order valence-corrected chi connectivity index (χ4v) is 2.71. The molecular formula is C13H19N5O3. The van der Waals surface area contributed by atoms with Crippen LogP contribution in [0.1, 0.15) is 26.5 Å². The van der Waals surface area contributed by atoms with E-state index in [0.29, 0.717) is 23.7 Å². The molecule has 2 aromatic rings. The molecule has 0 radical (unpaired) electrons. The summed E-state index contributed by atoms with van der Waals surface area (Å²) in [4.78, 5) is 12.6. The molecule has 0 aromatic carbocycles. The molecule has 1 aliphatic rings. The van der Waals surface area contributed by atoms with Gasteiger partial charge in [-0.1, -0.05) is 6.92 Å². The quantitative estimate of drug-likeness (QED) is 0.855. The molecule has 3 atom stereocenters. The van der Waals surface area contributed by atoms with Gasteiger partial charge in [-0.15, -0.1) is 0 Å². The molecule has 114 valence electrons. The molecule has 0 spiro atoms. The van der Waals surface area contributed by atoms with Crippen LogP contribution in [0.3, 0.4) is 0 Å². The summed E-state index contributed by atoms with van der Waals surface area (Å²) in [5.74, 6) is 0.756. The smallest absolute Gasteiger partial charge is 0.247 e. The van der Waals surface area contributed by atoms with E-state index in [1.165, 1.54) is 0 Å². The summed E-state index contributed by atoms with van der Waals surface area (Å²) in [6.45, 7) is 4.42. The van der Waals surface area contributed by atoms with Gasteiger partial charge < -0.3 is 20.3 Å². The Balaban J connectivity index is 2.04. The van der Waals surface area contributed by atoms with Crippen molar-refractivity contribution in [3.8, 4) is 5.88 Å². The maximum absolute atomic E-state index is 9.26. The summed E-state index contributed by atoms with van der Waals surface area (Å²) in [6, 6.07) is 0. The van der Waals surface area contributed by atoms with Gasteiger partial charge in [0.05, 0.1) is 25.6 Å². The van der Waals surface area contributed by atoms with Crippen LogP contribution in [0, 0.1) is 5.92 Å². The lowest BCUT2D eigenvalue weighted by Crippen LogP contribution is -2.15. The molecule has 8 nitrogen and oxygen atoms in total. The van der Waals surface area contributed by atoms with Gasteiger partial charge in [0, 0.05) is 5.92 Å². The first-order valence-electron chi connectivity index (χ1n) is 7.03. The summed E-state index contributed by atoms with van der Waals surface area (Å²) in [7, 11) is 0. The van der Waals surface area contributed by atoms with Crippen LogP contribution in [0.25, 0.3) is 11.2 Å². The first kappa shape index (κ1) is 14.0. The van der Waals surface area contributed by atoms with Crippen LogP contribution in [0.4, 0.5) is 5.95 Å². The van der Waals surface area contributed by atoms with E-state index in [-0.39, 0.29) is 30.8 Å². The molecular weight excluding hydrogens is 274 g/mol. The van der Waals surface area contributed by atoms with Crippen molar-refractivity contribution in [2.24, 2.45) is 5.92 Å². The first-order valence-corrected chi connectivity index (χ1v) is 7.03. The van der Waals surface area contributed by atoms with Gasteiger partial charge >= 0.3 is 0 Å². The van der Waals surface area contributed by atoms with Gasteiger partial charge in [-0.05, 0) is 13.3 Å². The Labute approximate surface area is 121 Å². The maximum Gasteiger partial charge on any atom is 0.247 e. The highest BCUT2D eigenvalue weighted by atomic mass is 16.5. The Morgan fingerprint density at radius 1 is 1.52 bits per heavy atom. The molecule has 0 saturated carbocycles. The summed E-state index contributed by atoms with van der Waals surface area (Å²) >= 11 is 0. The van der Waals surface area contributed by atoms with Gasteiger partial charge in [0.1, 0.15) is 6.23 Å². The lowest BCUT2D eigenvalue weighted by Gasteiger charge is -2.17. The lowest BCUT2D eigenvalue weighted by atomic mass is 10.1. The molecule has 3 N–H and O–H groups in total. The molecule has 3 heterocycles. The zero-order chi connectivity index (χ0) is 15.0. The van der Waals surface area contributed by atoms with E-state index < -0.39 is 0 Å². The number of aliphatic hydroxyl groups excluding tert-OH is 1. The summed E-state index contributed by atoms with van der Waals surface area (Å²) < 4.78 is 13.1. The molecule has 1 fully saturated rings. The number of aliphatic hydroxyl groups is 1. The van der Waals surface area contributed by atoms with Crippen LogP contribution in [0.2, 0.25) is 0 Å². The Bertz CT molecular complexity index is 644. The fraction of sp³-hybridized carbons (Fsp3) is 0.615. The van der Waals surface area contributed by atoms with Crippen molar-refractivity contribution in [3.63, 3.8) is 0 Å². The minimum atomic E-state index is -0.226. The van der Waals surface area contributed by atoms with Crippen LogP contribution in [0.5, 0.6) is 5.88 Å². The van der Waals surface area contributed by atoms with E-state index in [0.717, 1.165) is 6.42 Å². The Hall–Kier alpha value is -1.93. The molecule has 0 aliphatic carbocycles. The normalized spacial score (nSPS) is 25.6. The predicted molar refractivity (Wildman–Crippen MR) is 75.7 cm³/mol. The fourth-order valence-electron chi connectivity index (χ4n) is 2.71. The van der Waals surface area contributed by atoms with Gasteiger partial charge in [0.15, 0.2) is 11.2 Å². The van der Waals surface area contributed by atoms with Crippen molar-refractivity contribution in [1.82, 2.24) is 19.5 Å². The molecule has 0 unspecified atom stereocenters. The van der Waals surface area contributed by atoms with E-state index in [1.807, 2.05) is 11.5 Å². The molecule has 21 heavy (non-hydrogen) atoms. The highest BCUT2D eigenvalue weighted by Crippen LogP contribution is 2.36. The number of rotatable bonds is 4. The van der Waals surface area contributed by atoms with Crippen molar-refractivity contribution < 1.29 is 14.6 Å². The summed E-state index contributed by atoms with van der Waals surface area (Å²) in [6.07, 6.45) is 2.06. The van der Waals surface area contributed by atoms with E-state index in [4.69, 9.17) is 15.2 Å². The molecule has 0 amide bonds. The Morgan fingerprint density at radius 3 is 3.00 bits per heavy atom. The molecule has 3 rings (SSSR count). The summed E-state index contributed by atoms with van der Waals surface area (Å²) in [5, 5.41) is 9.26. The number of nitrogen functional groups attached to an aromatic ring is 1. The second-order valence-corrected chi connectivity index (χ2v) is 5.19. The van der Waals surface area contributed by atoms with Gasteiger partial charge in [0.2, 0.25) is 11.8 Å². The van der Waals surface area contributed by atoms with Crippen molar-refractivity contribution in [2.45, 2.75) is 32.6 Å². The van der Waals surface area contributed by atoms with E-state index in [2.05, 4.69) is 21.9 Å². The molecule has 8 heteroatoms. The number of aromatic nitrogens is 4. The second-order valence-electron chi connectivity index (χ2n) is 5.19. The lowest BCUT2D eigenvalue weighted by molar-refractivity contribution is -0.0294. The highest BCUT2D eigenvalue weighted by Gasteiger charge is 2.34. The monoisotopic (exact) mass is 293 g/mol. The van der Waals surface area contributed by atoms with Crippen molar-refractivity contribution in [3.05, 3.63) is 6.33 Å². The number of ether oxygens (including phenoxy) is 2. The van der Waals surface area contributed by atoms with Gasteiger partial charge in [0.25, 0.3) is 0 Å². The molecule has 1 aliphatic heterocycles. The number of anilines is 1. The van der Waals surface area contributed by atoms with Crippen LogP contribution < -0.4 is 10.5 Å². The zero-order valence-corrected chi connectivity index (χ0v) is 12.1. The maximum atomic E-state index is 9.26. The van der Waals surface area contributed by atoms with Crippen molar-refractivity contribution in [2.75, 3.05) is 18.9 Å². The average Bonchev–Trinajstić information content (AvgIpc) is 3.02. The van der Waals surface area contributed by atoms with E-state index in [9.17, 15) is 5.11 Å². The number of fused-ring (bicyclic) bond motifs is 1. The summed E-state index contributed by atoms with van der Waals surface area (Å²) in [5.41, 5.74) is 6.89. The molecule has 2 aromatic heterocycles. The first-order chi connectivity index (χ1) is 10.1. The SMILES string of the molecule is CCOc1nc(N)nc2c1ncn2[C@@H]1O[C@@H](CO)C[C@H]1C. The van der Waals surface area contributed by atoms with Crippen LogP contribution in [-0.2, 0) is 4.74 Å². The van der Waals surface area contributed by atoms with Gasteiger partial charge in [-0.25, -0.2) is 4.98 Å². The average molecular weight is 293 g/mol. The number of imidazole rings is 1. The van der Waals surface area contributed by atoms with E-state index >= 15 is 0 Å². The van der Waals surface area contributed by atoms with Crippen LogP contribution >= 0.6 is 0 Å². The minimum Gasteiger partial charge on any atom is -0.476 e. The predicted octanol–water partition coefficient (Wildman–Crippen LogP) is 0.723. The Kier molecular flexibility index (Phi) is 3.64. The van der Waals surface area contributed by atoms with Crippen molar-refractivity contribution in [1.29, 1.82) is 0 Å². The number of nitrogens with two attached hydrogens (primary N) is 1. The number of nitrogens with zero attached hydrogens (tertiary/aromatic N) is 4. The minimum absolute atomic E-state index is 0.00872. The second kappa shape index (κ2) is 5.45. The standard InChI is InChI=1S/C13H19N5O3/c1-3-20-11-9-10(16-13(14)17-11)18(6-15-9)12-7(2)4-8(5-19)21-12/h6-8,12,19H,3-5H2,1-2H3,(H2,14,16,17)/t7-,8-,12-/m1/s1. The molecule has 1 saturated heterocycles. The zero-order valence-electron chi connectivity index (χ0n) is 12.1. The largest absolute Gasteiger partial charge is 0.476 e. The topological polar surface area (TPSA) is 108 Å². The third-order valence-corrected chi connectivity index (χ3v) is 3.62. The number of hydrogen-bond donors (Lipinski definition) is 2.